The molecule has 22 heavy (non-hydrogen) atoms. The zero-order valence-corrected chi connectivity index (χ0v) is 12.1. The van der Waals surface area contributed by atoms with Crippen LogP contribution in [0.25, 0.3) is 11.0 Å². The van der Waals surface area contributed by atoms with E-state index in [1.807, 2.05) is 40.0 Å². The van der Waals surface area contributed by atoms with Gasteiger partial charge in [-0.15, -0.1) is 5.10 Å². The second-order valence-electron chi connectivity index (χ2n) is 5.55. The fraction of sp³-hybridized carbons (Fsp3) is 0.312. The highest BCUT2D eigenvalue weighted by Crippen LogP contribution is 2.26. The van der Waals surface area contributed by atoms with Crippen LogP contribution in [0.4, 0.5) is 0 Å². The Morgan fingerprint density at radius 3 is 2.82 bits per heavy atom. The van der Waals surface area contributed by atoms with Gasteiger partial charge in [-0.2, -0.15) is 0 Å². The highest BCUT2D eigenvalue weighted by atomic mass is 16.3. The van der Waals surface area contributed by atoms with Crippen LogP contribution in [-0.2, 0) is 0 Å². The fourth-order valence-electron chi connectivity index (χ4n) is 3.06. The molecule has 0 bridgehead atoms. The molecule has 1 aliphatic heterocycles. The second kappa shape index (κ2) is 5.29. The summed E-state index contributed by atoms with van der Waals surface area (Å²) < 4.78 is 7.36. The number of carbonyl (C=O) groups excluding carboxylic acids is 1. The standard InChI is InChI=1S/C16H16N4O2/c21-16(14-11-22-15-4-2-1-3-13(14)15)19-8-5-12(6-9-19)20-10-7-17-18-20/h1-4,7,10-12H,5-6,8-9H2. The van der Waals surface area contributed by atoms with E-state index in [4.69, 9.17) is 4.42 Å². The van der Waals surface area contributed by atoms with Gasteiger partial charge in [-0.05, 0) is 18.9 Å². The van der Waals surface area contributed by atoms with Crippen LogP contribution in [0.2, 0.25) is 0 Å². The number of fused-ring (bicyclic) bond motifs is 1. The SMILES string of the molecule is O=C(c1coc2ccccc12)N1CCC(n2ccnn2)CC1. The van der Waals surface area contributed by atoms with E-state index in [-0.39, 0.29) is 5.91 Å². The maximum absolute atomic E-state index is 12.7. The lowest BCUT2D eigenvalue weighted by Gasteiger charge is -2.31. The quantitative estimate of drug-likeness (QED) is 0.729. The second-order valence-corrected chi connectivity index (χ2v) is 5.55. The maximum Gasteiger partial charge on any atom is 0.257 e. The number of hydrogen-bond acceptors (Lipinski definition) is 4. The summed E-state index contributed by atoms with van der Waals surface area (Å²) >= 11 is 0. The van der Waals surface area contributed by atoms with Gasteiger partial charge >= 0.3 is 0 Å². The minimum absolute atomic E-state index is 0.0435. The summed E-state index contributed by atoms with van der Waals surface area (Å²) in [6.45, 7) is 1.45. The monoisotopic (exact) mass is 296 g/mol. The van der Waals surface area contributed by atoms with Crippen LogP contribution in [0.3, 0.4) is 0 Å². The normalized spacial score (nSPS) is 16.3. The molecule has 3 aromatic rings. The highest BCUT2D eigenvalue weighted by Gasteiger charge is 2.26. The van der Waals surface area contributed by atoms with Gasteiger partial charge in [0, 0.05) is 24.7 Å². The molecule has 0 atom stereocenters. The van der Waals surface area contributed by atoms with Crippen LogP contribution >= 0.6 is 0 Å². The number of hydrogen-bond donors (Lipinski definition) is 0. The Balaban J connectivity index is 1.50. The van der Waals surface area contributed by atoms with Crippen LogP contribution in [0.15, 0.2) is 47.3 Å². The molecule has 6 nitrogen and oxygen atoms in total. The molecule has 6 heteroatoms. The topological polar surface area (TPSA) is 64.2 Å². The number of carbonyl (C=O) groups is 1. The molecule has 0 aliphatic carbocycles. The van der Waals surface area contributed by atoms with Crippen molar-refractivity contribution < 1.29 is 9.21 Å². The summed E-state index contributed by atoms with van der Waals surface area (Å²) in [4.78, 5) is 14.6. The third-order valence-corrected chi connectivity index (χ3v) is 4.28. The molecule has 0 saturated carbocycles. The molecule has 2 aromatic heterocycles. The van der Waals surface area contributed by atoms with Gasteiger partial charge in [0.2, 0.25) is 0 Å². The van der Waals surface area contributed by atoms with E-state index in [2.05, 4.69) is 10.3 Å². The molecule has 3 heterocycles. The summed E-state index contributed by atoms with van der Waals surface area (Å²) in [5, 5.41) is 8.78. The molecular formula is C16H16N4O2. The molecule has 0 unspecified atom stereocenters. The lowest BCUT2D eigenvalue weighted by Crippen LogP contribution is -2.39. The molecule has 0 N–H and O–H groups in total. The number of amides is 1. The van der Waals surface area contributed by atoms with Crippen molar-refractivity contribution in [2.45, 2.75) is 18.9 Å². The van der Waals surface area contributed by atoms with Crippen molar-refractivity contribution in [2.24, 2.45) is 0 Å². The molecule has 0 radical (unpaired) electrons. The van der Waals surface area contributed by atoms with Crippen molar-refractivity contribution in [1.29, 1.82) is 0 Å². The van der Waals surface area contributed by atoms with E-state index in [1.165, 1.54) is 0 Å². The maximum atomic E-state index is 12.7. The van der Waals surface area contributed by atoms with Crippen LogP contribution in [-0.4, -0.2) is 38.9 Å². The number of furan rings is 1. The Morgan fingerprint density at radius 1 is 1.23 bits per heavy atom. The summed E-state index contributed by atoms with van der Waals surface area (Å²) in [6, 6.07) is 7.96. The first-order valence-corrected chi connectivity index (χ1v) is 7.44. The Labute approximate surface area is 127 Å². The van der Waals surface area contributed by atoms with Gasteiger partial charge in [0.15, 0.2) is 0 Å². The third-order valence-electron chi connectivity index (χ3n) is 4.28. The van der Waals surface area contributed by atoms with Crippen molar-refractivity contribution in [3.05, 3.63) is 48.5 Å². The van der Waals surface area contributed by atoms with Gasteiger partial charge in [0.25, 0.3) is 5.91 Å². The lowest BCUT2D eigenvalue weighted by molar-refractivity contribution is 0.0690. The molecule has 1 saturated heterocycles. The minimum atomic E-state index is 0.0435. The third kappa shape index (κ3) is 2.16. The summed E-state index contributed by atoms with van der Waals surface area (Å²) in [7, 11) is 0. The van der Waals surface area contributed by atoms with Gasteiger partial charge in [-0.1, -0.05) is 23.4 Å². The molecule has 112 valence electrons. The van der Waals surface area contributed by atoms with E-state index in [9.17, 15) is 4.79 Å². The van der Waals surface area contributed by atoms with Gasteiger partial charge in [-0.3, -0.25) is 4.79 Å². The minimum Gasteiger partial charge on any atom is -0.463 e. The summed E-state index contributed by atoms with van der Waals surface area (Å²) in [5.74, 6) is 0.0435. The van der Waals surface area contributed by atoms with Crippen molar-refractivity contribution >= 4 is 16.9 Å². The molecule has 4 rings (SSSR count). The van der Waals surface area contributed by atoms with E-state index in [0.717, 1.165) is 36.9 Å². The van der Waals surface area contributed by atoms with Crippen molar-refractivity contribution in [2.75, 3.05) is 13.1 Å². The molecular weight excluding hydrogens is 280 g/mol. The van der Waals surface area contributed by atoms with E-state index >= 15 is 0 Å². The molecule has 0 spiro atoms. The lowest BCUT2D eigenvalue weighted by atomic mass is 10.0. The summed E-state index contributed by atoms with van der Waals surface area (Å²) in [6.07, 6.45) is 6.92. The molecule has 1 aliphatic rings. The van der Waals surface area contributed by atoms with Crippen LogP contribution in [0.1, 0.15) is 29.2 Å². The van der Waals surface area contributed by atoms with Crippen LogP contribution in [0.5, 0.6) is 0 Å². The molecule has 1 amide bonds. The number of nitrogens with zero attached hydrogens (tertiary/aromatic N) is 4. The predicted molar refractivity (Wildman–Crippen MR) is 80.4 cm³/mol. The largest absolute Gasteiger partial charge is 0.463 e. The van der Waals surface area contributed by atoms with Gasteiger partial charge in [-0.25, -0.2) is 4.68 Å². The van der Waals surface area contributed by atoms with Gasteiger partial charge in [0.05, 0.1) is 17.8 Å². The highest BCUT2D eigenvalue weighted by molar-refractivity contribution is 6.05. The van der Waals surface area contributed by atoms with Crippen molar-refractivity contribution in [3.8, 4) is 0 Å². The first-order valence-electron chi connectivity index (χ1n) is 7.44. The Morgan fingerprint density at radius 2 is 2.05 bits per heavy atom. The van der Waals surface area contributed by atoms with Crippen molar-refractivity contribution in [1.82, 2.24) is 19.9 Å². The first-order chi connectivity index (χ1) is 10.8. The van der Waals surface area contributed by atoms with Crippen LogP contribution in [0, 0.1) is 0 Å². The zero-order valence-electron chi connectivity index (χ0n) is 12.1. The number of piperidine rings is 1. The van der Waals surface area contributed by atoms with Crippen LogP contribution < -0.4 is 0 Å². The predicted octanol–water partition coefficient (Wildman–Crippen LogP) is 2.50. The van der Waals surface area contributed by atoms with E-state index in [0.29, 0.717) is 11.6 Å². The van der Waals surface area contributed by atoms with Gasteiger partial charge in [0.1, 0.15) is 11.8 Å². The Hall–Kier alpha value is -2.63. The van der Waals surface area contributed by atoms with E-state index < -0.39 is 0 Å². The Kier molecular flexibility index (Phi) is 3.14. The van der Waals surface area contributed by atoms with Crippen molar-refractivity contribution in [3.63, 3.8) is 0 Å². The number of aromatic nitrogens is 3. The van der Waals surface area contributed by atoms with Gasteiger partial charge < -0.3 is 9.32 Å². The first kappa shape index (κ1) is 13.1. The Bertz CT molecular complexity index is 785. The van der Waals surface area contributed by atoms with E-state index in [1.54, 1.807) is 12.5 Å². The average Bonchev–Trinajstić information content (AvgIpc) is 3.24. The number of benzene rings is 1. The number of rotatable bonds is 2. The average molecular weight is 296 g/mol. The smallest absolute Gasteiger partial charge is 0.257 e. The number of para-hydroxylation sites is 1. The molecule has 1 aromatic carbocycles. The zero-order chi connectivity index (χ0) is 14.9. The number of likely N-dealkylation sites (tertiary alicyclic amines) is 1. The fourth-order valence-corrected chi connectivity index (χ4v) is 3.06. The molecule has 1 fully saturated rings. The summed E-state index contributed by atoms with van der Waals surface area (Å²) in [5.41, 5.74) is 1.40.